The molecule has 2 atom stereocenters. The second-order valence-electron chi connectivity index (χ2n) is 6.54. The molecule has 94 valence electrons. The molecule has 1 aromatic carbocycles. The Morgan fingerprint density at radius 1 is 0.944 bits per heavy atom. The van der Waals surface area contributed by atoms with Gasteiger partial charge in [-0.15, -0.1) is 0 Å². The van der Waals surface area contributed by atoms with Gasteiger partial charge in [-0.2, -0.15) is 0 Å². The number of allylic oxidation sites excluding steroid dienone is 2. The maximum Gasteiger partial charge on any atom is -0.00761 e. The molecule has 4 rings (SSSR count). The van der Waals surface area contributed by atoms with Crippen LogP contribution in [0.1, 0.15) is 56.9 Å². The van der Waals surface area contributed by atoms with Gasteiger partial charge in [0.2, 0.25) is 0 Å². The first kappa shape index (κ1) is 10.8. The molecule has 1 spiro atoms. The highest BCUT2D eigenvalue weighted by molar-refractivity contribution is 5.74. The molecule has 18 heavy (non-hydrogen) atoms. The lowest BCUT2D eigenvalue weighted by atomic mass is 9.65. The van der Waals surface area contributed by atoms with E-state index in [1.807, 2.05) is 5.57 Å². The fourth-order valence-corrected chi connectivity index (χ4v) is 4.99. The highest BCUT2D eigenvalue weighted by Gasteiger charge is 2.48. The maximum absolute atomic E-state index is 2.34. The van der Waals surface area contributed by atoms with Crippen molar-refractivity contribution in [1.29, 1.82) is 0 Å². The van der Waals surface area contributed by atoms with Crippen molar-refractivity contribution >= 4 is 5.57 Å². The van der Waals surface area contributed by atoms with Gasteiger partial charge in [0, 0.05) is 0 Å². The molecular weight excluding hydrogens is 216 g/mol. The van der Waals surface area contributed by atoms with E-state index in [0.717, 1.165) is 5.92 Å². The largest absolute Gasteiger partial charge is 0.0622 e. The van der Waals surface area contributed by atoms with E-state index in [1.165, 1.54) is 56.9 Å². The first-order chi connectivity index (χ1) is 8.89. The van der Waals surface area contributed by atoms with E-state index in [0.29, 0.717) is 5.41 Å². The Hall–Kier alpha value is -1.04. The SMILES string of the molecule is c1ccc(C2=C3CCCC[C@]34CCC[C@H]2C4)cc1. The monoisotopic (exact) mass is 238 g/mol. The summed E-state index contributed by atoms with van der Waals surface area (Å²) in [6.07, 6.45) is 11.6. The van der Waals surface area contributed by atoms with Gasteiger partial charge in [0.25, 0.3) is 0 Å². The first-order valence-corrected chi connectivity index (χ1v) is 7.68. The average Bonchev–Trinajstić information content (AvgIpc) is 2.66. The van der Waals surface area contributed by atoms with E-state index in [2.05, 4.69) is 30.3 Å². The van der Waals surface area contributed by atoms with Crippen LogP contribution in [0.3, 0.4) is 0 Å². The summed E-state index contributed by atoms with van der Waals surface area (Å²) in [5, 5.41) is 0. The van der Waals surface area contributed by atoms with Crippen molar-refractivity contribution in [1.82, 2.24) is 0 Å². The van der Waals surface area contributed by atoms with E-state index in [9.17, 15) is 0 Å². The normalized spacial score (nSPS) is 34.6. The lowest BCUT2D eigenvalue weighted by molar-refractivity contribution is 0.190. The molecule has 3 aliphatic carbocycles. The first-order valence-electron chi connectivity index (χ1n) is 7.68. The fourth-order valence-electron chi connectivity index (χ4n) is 4.99. The van der Waals surface area contributed by atoms with E-state index >= 15 is 0 Å². The predicted octanol–water partition coefficient (Wildman–Crippen LogP) is 5.20. The van der Waals surface area contributed by atoms with Crippen LogP contribution >= 0.6 is 0 Å². The van der Waals surface area contributed by atoms with Gasteiger partial charge in [0.15, 0.2) is 0 Å². The minimum absolute atomic E-state index is 0.645. The summed E-state index contributed by atoms with van der Waals surface area (Å²) >= 11 is 0. The maximum atomic E-state index is 2.34. The Morgan fingerprint density at radius 3 is 2.67 bits per heavy atom. The Balaban J connectivity index is 1.87. The quantitative estimate of drug-likeness (QED) is 0.630. The van der Waals surface area contributed by atoms with Crippen molar-refractivity contribution < 1.29 is 0 Å². The van der Waals surface area contributed by atoms with Crippen molar-refractivity contribution in [2.24, 2.45) is 11.3 Å². The summed E-state index contributed by atoms with van der Waals surface area (Å²) in [4.78, 5) is 0. The van der Waals surface area contributed by atoms with Crippen LogP contribution in [-0.4, -0.2) is 0 Å². The molecule has 0 heteroatoms. The Labute approximate surface area is 110 Å². The van der Waals surface area contributed by atoms with Crippen LogP contribution in [0, 0.1) is 11.3 Å². The number of rotatable bonds is 1. The molecule has 0 nitrogen and oxygen atoms in total. The molecule has 1 aromatic rings. The van der Waals surface area contributed by atoms with Crippen molar-refractivity contribution in [2.45, 2.75) is 51.4 Å². The average molecular weight is 238 g/mol. The molecule has 0 saturated heterocycles. The molecule has 2 fully saturated rings. The van der Waals surface area contributed by atoms with Crippen LogP contribution in [0.4, 0.5) is 0 Å². The minimum atomic E-state index is 0.645. The zero-order valence-electron chi connectivity index (χ0n) is 11.1. The third-order valence-electron chi connectivity index (χ3n) is 5.64. The van der Waals surface area contributed by atoms with Crippen LogP contribution in [-0.2, 0) is 0 Å². The van der Waals surface area contributed by atoms with Gasteiger partial charge < -0.3 is 0 Å². The van der Waals surface area contributed by atoms with E-state index in [4.69, 9.17) is 0 Å². The summed E-state index contributed by atoms with van der Waals surface area (Å²) in [5.74, 6) is 0.884. The Kier molecular flexibility index (Phi) is 2.40. The summed E-state index contributed by atoms with van der Waals surface area (Å²) in [6, 6.07) is 11.2. The van der Waals surface area contributed by atoms with Crippen molar-refractivity contribution in [2.75, 3.05) is 0 Å². The van der Waals surface area contributed by atoms with Gasteiger partial charge in [-0.1, -0.05) is 48.7 Å². The van der Waals surface area contributed by atoms with Crippen LogP contribution in [0.5, 0.6) is 0 Å². The zero-order valence-corrected chi connectivity index (χ0v) is 11.1. The summed E-state index contributed by atoms with van der Waals surface area (Å²) in [6.45, 7) is 0. The Bertz CT molecular complexity index is 478. The van der Waals surface area contributed by atoms with E-state index in [1.54, 1.807) is 5.57 Å². The second kappa shape index (κ2) is 3.98. The van der Waals surface area contributed by atoms with Gasteiger partial charge in [0.05, 0.1) is 0 Å². The van der Waals surface area contributed by atoms with Gasteiger partial charge in [0.1, 0.15) is 0 Å². The van der Waals surface area contributed by atoms with Crippen LogP contribution in [0.15, 0.2) is 35.9 Å². The molecule has 0 amide bonds. The molecule has 0 heterocycles. The molecule has 2 bridgehead atoms. The third-order valence-corrected chi connectivity index (χ3v) is 5.64. The highest BCUT2D eigenvalue weighted by atomic mass is 14.5. The molecule has 3 aliphatic rings. The molecule has 0 aliphatic heterocycles. The van der Waals surface area contributed by atoms with E-state index in [-0.39, 0.29) is 0 Å². The number of hydrogen-bond donors (Lipinski definition) is 0. The van der Waals surface area contributed by atoms with Crippen molar-refractivity contribution in [3.63, 3.8) is 0 Å². The van der Waals surface area contributed by atoms with Crippen LogP contribution in [0.25, 0.3) is 5.57 Å². The summed E-state index contributed by atoms with van der Waals surface area (Å²) in [7, 11) is 0. The number of benzene rings is 1. The van der Waals surface area contributed by atoms with Gasteiger partial charge >= 0.3 is 0 Å². The smallest absolute Gasteiger partial charge is 0.00761 e. The zero-order chi connectivity index (χ0) is 12.0. The fraction of sp³-hybridized carbons (Fsp3) is 0.556. The van der Waals surface area contributed by atoms with Gasteiger partial charge in [-0.05, 0) is 61.0 Å². The molecule has 0 aromatic heterocycles. The molecule has 2 saturated carbocycles. The van der Waals surface area contributed by atoms with Gasteiger partial charge in [-0.25, -0.2) is 0 Å². The summed E-state index contributed by atoms with van der Waals surface area (Å²) in [5.41, 5.74) is 5.82. The molecule has 0 radical (unpaired) electrons. The third kappa shape index (κ3) is 1.44. The second-order valence-corrected chi connectivity index (χ2v) is 6.54. The lowest BCUT2D eigenvalue weighted by Crippen LogP contribution is -2.27. The predicted molar refractivity (Wildman–Crippen MR) is 76.2 cm³/mol. The topological polar surface area (TPSA) is 0 Å². The van der Waals surface area contributed by atoms with Crippen LogP contribution < -0.4 is 0 Å². The molecular formula is C18H22. The van der Waals surface area contributed by atoms with Crippen molar-refractivity contribution in [3.8, 4) is 0 Å². The molecule has 0 unspecified atom stereocenters. The van der Waals surface area contributed by atoms with E-state index < -0.39 is 0 Å². The Morgan fingerprint density at radius 2 is 1.78 bits per heavy atom. The highest BCUT2D eigenvalue weighted by Crippen LogP contribution is 2.62. The minimum Gasteiger partial charge on any atom is -0.0622 e. The number of fused-ring (bicyclic) bond motifs is 1. The standard InChI is InChI=1S/C18H22/c1-2-7-14(8-3-1)17-15-9-6-12-18(13-15)11-5-4-10-16(17)18/h1-3,7-8,15H,4-6,9-13H2/t15-,18+/m0/s1. The number of hydrogen-bond acceptors (Lipinski definition) is 0. The summed E-state index contributed by atoms with van der Waals surface area (Å²) < 4.78 is 0. The van der Waals surface area contributed by atoms with Gasteiger partial charge in [-0.3, -0.25) is 0 Å². The lowest BCUT2D eigenvalue weighted by Gasteiger charge is -2.39. The van der Waals surface area contributed by atoms with Crippen molar-refractivity contribution in [3.05, 3.63) is 41.5 Å². The van der Waals surface area contributed by atoms with Crippen LogP contribution in [0.2, 0.25) is 0 Å². The molecule has 0 N–H and O–H groups in total.